The largest absolute Gasteiger partial charge is 0.299 e. The minimum Gasteiger partial charge on any atom is -0.299 e. The van der Waals surface area contributed by atoms with Crippen molar-refractivity contribution in [3.05, 3.63) is 104 Å². The van der Waals surface area contributed by atoms with Crippen LogP contribution in [-0.2, 0) is 13.1 Å². The van der Waals surface area contributed by atoms with Crippen molar-refractivity contribution < 1.29 is 0 Å². The van der Waals surface area contributed by atoms with Gasteiger partial charge in [-0.2, -0.15) is 21.0 Å². The van der Waals surface area contributed by atoms with Crippen LogP contribution in [-0.4, -0.2) is 21.6 Å². The number of rotatable bonds is 7. The fourth-order valence-electron chi connectivity index (χ4n) is 4.63. The van der Waals surface area contributed by atoms with Gasteiger partial charge >= 0.3 is 0 Å². The van der Waals surface area contributed by atoms with Gasteiger partial charge in [-0.1, -0.05) is 60.7 Å². The van der Waals surface area contributed by atoms with E-state index in [1.54, 1.807) is 73.2 Å². The lowest BCUT2D eigenvalue weighted by molar-refractivity contribution is 0.499. The summed E-state index contributed by atoms with van der Waals surface area (Å²) in [5, 5.41) is 40.8. The van der Waals surface area contributed by atoms with Crippen LogP contribution in [0.3, 0.4) is 0 Å². The molecule has 4 aromatic rings. The van der Waals surface area contributed by atoms with E-state index < -0.39 is 11.1 Å². The third-order valence-electron chi connectivity index (χ3n) is 6.34. The van der Waals surface area contributed by atoms with E-state index >= 15 is 0 Å². The number of nitrogens with zero attached hydrogens (tertiary/aromatic N) is 6. The van der Waals surface area contributed by atoms with E-state index in [0.29, 0.717) is 21.2 Å². The first-order valence-electron chi connectivity index (χ1n) is 11.9. The van der Waals surface area contributed by atoms with Gasteiger partial charge in [0, 0.05) is 24.2 Å². The summed E-state index contributed by atoms with van der Waals surface area (Å²) in [5.41, 5.74) is 0.517. The molecule has 0 amide bonds. The van der Waals surface area contributed by atoms with Gasteiger partial charge in [-0.25, -0.2) is 0 Å². The van der Waals surface area contributed by atoms with Crippen molar-refractivity contribution in [1.82, 2.24) is 9.13 Å². The molecule has 0 radical (unpaired) electrons. The first-order chi connectivity index (χ1) is 19.5. The Labute approximate surface area is 239 Å². The van der Waals surface area contributed by atoms with Crippen molar-refractivity contribution in [3.63, 3.8) is 0 Å². The second kappa shape index (κ2) is 12.2. The molecule has 0 saturated heterocycles. The van der Waals surface area contributed by atoms with Gasteiger partial charge in [0.25, 0.3) is 11.1 Å². The molecule has 0 spiro atoms. The number of thioether (sulfide) groups is 2. The van der Waals surface area contributed by atoms with E-state index in [4.69, 9.17) is 0 Å². The molecule has 0 aliphatic heterocycles. The average molecular weight is 561 g/mol. The standard InChI is InChI=1S/C30H20N6O2S2/c1-39-29-23(17-33)25(19-9-5-3-6-10-19)21(15-31)27(37)35(29)13-14-36-28(38)22(16-32)26(20-11-7-4-8-12-20)24(18-34)30(36)40-2/h3-12H,13-14H2,1-2H3. The first kappa shape index (κ1) is 28.0. The zero-order valence-electron chi connectivity index (χ0n) is 21.5. The third kappa shape index (κ3) is 4.79. The SMILES string of the molecule is CSc1c(C#N)c(-c2ccccc2)c(C#N)c(=O)n1CCn1c(SC)c(C#N)c(-c2ccccc2)c(C#N)c1=O. The number of nitriles is 4. The third-order valence-corrected chi connectivity index (χ3v) is 7.96. The van der Waals surface area contributed by atoms with E-state index in [1.165, 1.54) is 32.7 Å². The van der Waals surface area contributed by atoms with Gasteiger partial charge < -0.3 is 0 Å². The zero-order valence-corrected chi connectivity index (χ0v) is 23.1. The Bertz CT molecular complexity index is 1760. The molecule has 2 heterocycles. The van der Waals surface area contributed by atoms with Crippen molar-refractivity contribution >= 4 is 23.5 Å². The predicted molar refractivity (Wildman–Crippen MR) is 155 cm³/mol. The van der Waals surface area contributed by atoms with Gasteiger partial charge in [0.15, 0.2) is 0 Å². The van der Waals surface area contributed by atoms with Crippen molar-refractivity contribution in [2.24, 2.45) is 0 Å². The van der Waals surface area contributed by atoms with Crippen LogP contribution in [0.5, 0.6) is 0 Å². The Morgan fingerprint density at radius 1 is 0.575 bits per heavy atom. The maximum Gasteiger partial charge on any atom is 0.270 e. The molecular weight excluding hydrogens is 541 g/mol. The van der Waals surface area contributed by atoms with Crippen LogP contribution >= 0.6 is 23.5 Å². The molecule has 2 aromatic heterocycles. The highest BCUT2D eigenvalue weighted by Gasteiger charge is 2.25. The maximum atomic E-state index is 13.6. The molecule has 8 nitrogen and oxygen atoms in total. The topological polar surface area (TPSA) is 139 Å². The summed E-state index contributed by atoms with van der Waals surface area (Å²) in [7, 11) is 0. The molecular formula is C30H20N6O2S2. The summed E-state index contributed by atoms with van der Waals surface area (Å²) < 4.78 is 2.63. The molecule has 194 valence electrons. The van der Waals surface area contributed by atoms with E-state index in [2.05, 4.69) is 12.1 Å². The Balaban J connectivity index is 1.94. The maximum absolute atomic E-state index is 13.6. The minimum atomic E-state index is -0.592. The first-order valence-corrected chi connectivity index (χ1v) is 14.3. The lowest BCUT2D eigenvalue weighted by Crippen LogP contribution is -2.32. The normalized spacial score (nSPS) is 10.2. The minimum absolute atomic E-state index is 0.0681. The number of aromatic nitrogens is 2. The highest BCUT2D eigenvalue weighted by Crippen LogP contribution is 2.33. The molecule has 0 bridgehead atoms. The van der Waals surface area contributed by atoms with Crippen molar-refractivity contribution in [1.29, 1.82) is 21.0 Å². The quantitative estimate of drug-likeness (QED) is 0.289. The molecule has 40 heavy (non-hydrogen) atoms. The number of benzene rings is 2. The van der Waals surface area contributed by atoms with E-state index in [9.17, 15) is 30.6 Å². The van der Waals surface area contributed by atoms with Crippen LogP contribution in [0.25, 0.3) is 22.3 Å². The van der Waals surface area contributed by atoms with Gasteiger partial charge in [-0.05, 0) is 23.6 Å². The molecule has 0 aliphatic carbocycles. The summed E-state index contributed by atoms with van der Waals surface area (Å²) in [6.45, 7) is -0.136. The van der Waals surface area contributed by atoms with Crippen molar-refractivity contribution in [2.75, 3.05) is 12.5 Å². The van der Waals surface area contributed by atoms with Gasteiger partial charge in [-0.3, -0.25) is 18.7 Å². The van der Waals surface area contributed by atoms with Crippen molar-refractivity contribution in [3.8, 4) is 46.5 Å². The van der Waals surface area contributed by atoms with Crippen molar-refractivity contribution in [2.45, 2.75) is 23.1 Å². The number of pyridine rings is 2. The molecule has 0 fully saturated rings. The van der Waals surface area contributed by atoms with E-state index in [-0.39, 0.29) is 46.5 Å². The van der Waals surface area contributed by atoms with Crippen LogP contribution in [0.1, 0.15) is 22.3 Å². The summed E-state index contributed by atoms with van der Waals surface area (Å²) in [6.07, 6.45) is 3.45. The van der Waals surface area contributed by atoms with Crippen LogP contribution in [0.15, 0.2) is 80.3 Å². The highest BCUT2D eigenvalue weighted by molar-refractivity contribution is 7.98. The Morgan fingerprint density at radius 3 is 1.18 bits per heavy atom. The lowest BCUT2D eigenvalue weighted by atomic mass is 9.97. The summed E-state index contributed by atoms with van der Waals surface area (Å²) in [5.74, 6) is 0. The van der Waals surface area contributed by atoms with Crippen LogP contribution in [0.2, 0.25) is 0 Å². The number of hydrogen-bond donors (Lipinski definition) is 0. The van der Waals surface area contributed by atoms with Gasteiger partial charge in [0.05, 0.1) is 21.2 Å². The molecule has 4 rings (SSSR count). The van der Waals surface area contributed by atoms with E-state index in [1.807, 2.05) is 12.1 Å². The summed E-state index contributed by atoms with van der Waals surface area (Å²) >= 11 is 2.37. The lowest BCUT2D eigenvalue weighted by Gasteiger charge is -2.20. The van der Waals surface area contributed by atoms with Gasteiger partial charge in [0.1, 0.15) is 35.4 Å². The summed E-state index contributed by atoms with van der Waals surface area (Å²) in [4.78, 5) is 27.2. The van der Waals surface area contributed by atoms with Gasteiger partial charge in [0.2, 0.25) is 0 Å². The molecule has 0 saturated carbocycles. The highest BCUT2D eigenvalue weighted by atomic mass is 32.2. The number of hydrogen-bond acceptors (Lipinski definition) is 8. The Hall–Kier alpha value is -5.00. The molecule has 0 N–H and O–H groups in total. The second-order valence-corrected chi connectivity index (χ2v) is 9.95. The fraction of sp³-hybridized carbons (Fsp3) is 0.133. The fourth-order valence-corrected chi connectivity index (χ4v) is 6.13. The molecule has 2 aromatic carbocycles. The monoisotopic (exact) mass is 560 g/mol. The Morgan fingerprint density at radius 2 is 0.900 bits per heavy atom. The van der Waals surface area contributed by atoms with Gasteiger partial charge in [-0.15, -0.1) is 23.5 Å². The zero-order chi connectivity index (χ0) is 28.8. The molecule has 0 unspecified atom stereocenters. The molecule has 10 heteroatoms. The predicted octanol–water partition coefficient (Wildman–Crippen LogP) is 4.97. The molecule has 0 atom stereocenters. The Kier molecular flexibility index (Phi) is 8.57. The van der Waals surface area contributed by atoms with Crippen LogP contribution < -0.4 is 11.1 Å². The molecule has 0 aliphatic rings. The average Bonchev–Trinajstić information content (AvgIpc) is 3.00. The second-order valence-electron chi connectivity index (χ2n) is 8.36. The smallest absolute Gasteiger partial charge is 0.270 e. The van der Waals surface area contributed by atoms with E-state index in [0.717, 1.165) is 0 Å². The summed E-state index contributed by atoms with van der Waals surface area (Å²) in [6, 6.07) is 25.8. The van der Waals surface area contributed by atoms with Crippen LogP contribution in [0, 0.1) is 45.3 Å². The van der Waals surface area contributed by atoms with Crippen LogP contribution in [0.4, 0.5) is 0 Å².